The first kappa shape index (κ1) is 38.3. The lowest BCUT2D eigenvalue weighted by Gasteiger charge is -2.46. The summed E-state index contributed by atoms with van der Waals surface area (Å²) in [6.45, 7) is 5.03. The van der Waals surface area contributed by atoms with Crippen molar-refractivity contribution in [1.82, 2.24) is 9.97 Å². The molecule has 4 aromatic rings. The molecule has 306 valence electrons. The molecule has 2 fully saturated rings. The molecule has 6 aliphatic heterocycles. The van der Waals surface area contributed by atoms with Gasteiger partial charge >= 0.3 is 5.97 Å². The molecule has 0 amide bonds. The van der Waals surface area contributed by atoms with Gasteiger partial charge in [-0.1, -0.05) is 21.6 Å². The van der Waals surface area contributed by atoms with E-state index in [9.17, 15) is 19.8 Å². The van der Waals surface area contributed by atoms with Crippen LogP contribution in [0.5, 0.6) is 11.5 Å². The van der Waals surface area contributed by atoms with Crippen LogP contribution in [-0.2, 0) is 33.0 Å². The highest BCUT2D eigenvalue weighted by atomic mass is 33.1. The fourth-order valence-corrected chi connectivity index (χ4v) is 12.0. The highest BCUT2D eigenvalue weighted by molar-refractivity contribution is 8.76. The quantitative estimate of drug-likeness (QED) is 0.107. The number of nitrogens with one attached hydrogen (secondary N) is 1. The summed E-state index contributed by atoms with van der Waals surface area (Å²) in [7, 11) is 3.26. The first-order valence-electron chi connectivity index (χ1n) is 20.0. The van der Waals surface area contributed by atoms with Crippen LogP contribution in [0.3, 0.4) is 0 Å². The Labute approximate surface area is 347 Å². The molecule has 9 heterocycles. The van der Waals surface area contributed by atoms with Crippen molar-refractivity contribution in [2.24, 2.45) is 4.99 Å². The van der Waals surface area contributed by atoms with E-state index in [1.54, 1.807) is 34.6 Å². The molecule has 14 nitrogen and oxygen atoms in total. The number of nitrogens with zero attached hydrogens (tertiary/aromatic N) is 3. The van der Waals surface area contributed by atoms with Crippen molar-refractivity contribution in [1.29, 1.82) is 0 Å². The van der Waals surface area contributed by atoms with E-state index in [1.165, 1.54) is 16.5 Å². The highest BCUT2D eigenvalue weighted by Gasteiger charge is 2.66. The number of phenolic OH excluding ortho intramolecular Hbond substituents is 1. The van der Waals surface area contributed by atoms with Gasteiger partial charge in [-0.3, -0.25) is 14.7 Å². The molecule has 1 aromatic carbocycles. The van der Waals surface area contributed by atoms with Crippen molar-refractivity contribution in [3.05, 3.63) is 92.2 Å². The number of epoxide rings is 1. The Morgan fingerprint density at radius 1 is 1.07 bits per heavy atom. The van der Waals surface area contributed by atoms with E-state index in [0.717, 1.165) is 34.6 Å². The lowest BCUT2D eigenvalue weighted by atomic mass is 9.76. The Hall–Kier alpha value is -4.87. The van der Waals surface area contributed by atoms with E-state index >= 15 is 0 Å². The number of hydrogen-bond donors (Lipinski definition) is 5. The van der Waals surface area contributed by atoms with E-state index in [0.29, 0.717) is 84.6 Å². The third-order valence-corrected chi connectivity index (χ3v) is 14.9. The van der Waals surface area contributed by atoms with Gasteiger partial charge in [0.1, 0.15) is 76.6 Å². The number of pyridine rings is 2. The van der Waals surface area contributed by atoms with Gasteiger partial charge in [0.15, 0.2) is 11.0 Å². The van der Waals surface area contributed by atoms with Crippen LogP contribution < -0.4 is 26.5 Å². The molecule has 4 bridgehead atoms. The number of rotatable bonds is 2. The van der Waals surface area contributed by atoms with Crippen LogP contribution in [0, 0.1) is 6.92 Å². The third-order valence-electron chi connectivity index (χ3n) is 12.6. The molecular weight excluding hydrogens is 793 g/mol. The molecule has 2 saturated heterocycles. The van der Waals surface area contributed by atoms with Crippen molar-refractivity contribution in [3.63, 3.8) is 0 Å². The summed E-state index contributed by atoms with van der Waals surface area (Å²) in [5.41, 5.74) is 17.4. The molecule has 10 rings (SSSR count). The smallest absolute Gasteiger partial charge is 0.341 e. The minimum atomic E-state index is -1.36. The van der Waals surface area contributed by atoms with Gasteiger partial charge in [0.05, 0.1) is 23.6 Å². The zero-order valence-electron chi connectivity index (χ0n) is 32.7. The standard InChI is InChI=1S/C43H44N6O8S2/c1-21-11-31(51)37-32(54-21)15-33-36(38(37)52)26-5-4-25(50)16-43-34(57-43)6-3-22-12-29(48-35(44)13-22)27-14-24(18-49-17-23-7-9-46-30(23)19-49)47-40(45)28(27)20-59-58-10-8-42(2,56-33)39(26)55-41(43)53/h7,9,11-15,19,25-26,34,39,50,52H,3-6,8,10,16-18,20H2,1-2H3,(H2,44,48)(H2,45,47)/p+1/t25-,26+,34+,39+,42-,43+/m0/s1. The number of aliphatic hydroxyl groups excluding tert-OH is 1. The van der Waals surface area contributed by atoms with Crippen LogP contribution in [0.1, 0.15) is 73.1 Å². The summed E-state index contributed by atoms with van der Waals surface area (Å²) in [6, 6.07) is 8.91. The number of phenols is 1. The lowest BCUT2D eigenvalue weighted by Crippen LogP contribution is -3.04. The van der Waals surface area contributed by atoms with Gasteiger partial charge in [-0.2, -0.15) is 0 Å². The predicted octanol–water partition coefficient (Wildman–Crippen LogP) is 4.43. The number of nitrogens with two attached hydrogens (primary N) is 2. The van der Waals surface area contributed by atoms with Gasteiger partial charge in [0, 0.05) is 70.9 Å². The minimum Gasteiger partial charge on any atom is -0.507 e. The van der Waals surface area contributed by atoms with Gasteiger partial charge in [-0.15, -0.1) is 0 Å². The van der Waals surface area contributed by atoms with E-state index in [4.69, 9.17) is 40.1 Å². The second-order valence-electron chi connectivity index (χ2n) is 16.7. The fourth-order valence-electron chi connectivity index (χ4n) is 9.64. The number of carbonyl (C=O) groups is 1. The summed E-state index contributed by atoms with van der Waals surface area (Å²) >= 11 is 0. The number of aryl methyl sites for hydroxylation is 2. The Bertz CT molecular complexity index is 2600. The number of allylic oxidation sites excluding steroid dienone is 1. The number of aliphatic hydroxyl groups is 1. The second-order valence-corrected chi connectivity index (χ2v) is 19.3. The SMILES string of the molecule is Cc1cc(=O)c2c(O)c3c(cc2o1)O[C@@]1(C)CCSSCc2c(cc(C[NH+]4C=C5N=CC=C5C4)nc2N)-c2cc(cc(N)n2)CC[C@H]2O[C@]24C[C@@H](O)CC[C@H]3[C@H]1OC4=O. The Morgan fingerprint density at radius 3 is 2.78 bits per heavy atom. The number of aromatic nitrogens is 2. The summed E-state index contributed by atoms with van der Waals surface area (Å²) in [5.74, 6) is 1.23. The van der Waals surface area contributed by atoms with Crippen LogP contribution in [0.25, 0.3) is 22.2 Å². The van der Waals surface area contributed by atoms with Gasteiger partial charge in [-0.05, 0) is 69.4 Å². The molecule has 0 aliphatic carbocycles. The predicted molar refractivity (Wildman–Crippen MR) is 225 cm³/mol. The maximum absolute atomic E-state index is 14.5. The second kappa shape index (κ2) is 14.4. The fraction of sp³-hybridized carbons (Fsp3) is 0.419. The van der Waals surface area contributed by atoms with Crippen molar-refractivity contribution in [3.8, 4) is 22.8 Å². The van der Waals surface area contributed by atoms with Crippen LogP contribution in [-0.4, -0.2) is 74.2 Å². The van der Waals surface area contributed by atoms with Crippen LogP contribution in [0.4, 0.5) is 11.6 Å². The molecule has 1 unspecified atom stereocenters. The number of nitrogen functional groups attached to an aromatic ring is 2. The summed E-state index contributed by atoms with van der Waals surface area (Å²) < 4.78 is 25.5. The minimum absolute atomic E-state index is 0.0351. The molecule has 3 aromatic heterocycles. The summed E-state index contributed by atoms with van der Waals surface area (Å²) in [4.78, 5) is 43.0. The Morgan fingerprint density at radius 2 is 1.93 bits per heavy atom. The number of aromatic hydroxyl groups is 1. The van der Waals surface area contributed by atoms with E-state index < -0.39 is 41.4 Å². The first-order chi connectivity index (χ1) is 28.4. The first-order valence-corrected chi connectivity index (χ1v) is 22.5. The van der Waals surface area contributed by atoms with Crippen LogP contribution in [0.2, 0.25) is 0 Å². The normalized spacial score (nSPS) is 29.9. The number of fused-ring (bicyclic) bond motifs is 9. The molecule has 0 saturated carbocycles. The molecule has 0 radical (unpaired) electrons. The van der Waals surface area contributed by atoms with Gasteiger partial charge in [0.25, 0.3) is 0 Å². The third kappa shape index (κ3) is 6.78. The average molecular weight is 838 g/mol. The molecule has 16 heteroatoms. The molecule has 59 heavy (non-hydrogen) atoms. The zero-order chi connectivity index (χ0) is 40.8. The monoisotopic (exact) mass is 837 g/mol. The molecule has 7 N–H and O–H groups in total. The number of carbonyl (C=O) groups excluding carboxylic acids is 1. The van der Waals surface area contributed by atoms with Crippen molar-refractivity contribution < 1.29 is 38.5 Å². The van der Waals surface area contributed by atoms with Crippen molar-refractivity contribution in [2.45, 2.75) is 100 Å². The zero-order valence-corrected chi connectivity index (χ0v) is 34.3. The highest BCUT2D eigenvalue weighted by Crippen LogP contribution is 2.55. The molecular formula is C43H45N6O8S2+. The van der Waals surface area contributed by atoms with Gasteiger partial charge in [0.2, 0.25) is 0 Å². The van der Waals surface area contributed by atoms with E-state index in [-0.39, 0.29) is 28.6 Å². The number of ether oxygens (including phenoxy) is 3. The van der Waals surface area contributed by atoms with Crippen molar-refractivity contribution in [2.75, 3.05) is 23.8 Å². The number of anilines is 2. The lowest BCUT2D eigenvalue weighted by molar-refractivity contribution is -0.852. The van der Waals surface area contributed by atoms with Gasteiger partial charge < -0.3 is 40.3 Å². The largest absolute Gasteiger partial charge is 0.507 e. The van der Waals surface area contributed by atoms with E-state index in [2.05, 4.69) is 17.3 Å². The number of aliphatic imine (C=N–C) groups is 1. The molecule has 6 aliphatic rings. The number of quaternary nitrogens is 1. The Balaban J connectivity index is 1.02. The Kier molecular flexibility index (Phi) is 9.36. The maximum atomic E-state index is 14.5. The van der Waals surface area contributed by atoms with Crippen LogP contribution >= 0.6 is 21.6 Å². The van der Waals surface area contributed by atoms with Gasteiger partial charge in [-0.25, -0.2) is 14.8 Å². The number of benzene rings is 1. The number of esters is 1. The molecule has 1 spiro atoms. The maximum Gasteiger partial charge on any atom is 0.341 e. The van der Waals surface area contributed by atoms with Crippen LogP contribution in [0.15, 0.2) is 68.1 Å². The average Bonchev–Trinajstić information content (AvgIpc) is 3.44. The van der Waals surface area contributed by atoms with Crippen molar-refractivity contribution >= 4 is 56.4 Å². The van der Waals surface area contributed by atoms with E-state index in [1.807, 2.05) is 31.3 Å². The topological polar surface area (TPSA) is 213 Å². The summed E-state index contributed by atoms with van der Waals surface area (Å²) in [5, 5.41) is 23.3. The summed E-state index contributed by atoms with van der Waals surface area (Å²) in [6.07, 6.45) is 5.87. The number of hydrogen-bond acceptors (Lipinski definition) is 15. The molecule has 7 atom stereocenters.